The zero-order valence-corrected chi connectivity index (χ0v) is 28.9. The minimum atomic E-state index is -0.188. The third-order valence-electron chi connectivity index (χ3n) is 11.2. The Morgan fingerprint density at radius 2 is 1.13 bits per heavy atom. The van der Waals surface area contributed by atoms with Crippen LogP contribution in [0, 0.1) is 0 Å². The molecule has 0 aliphatic heterocycles. The van der Waals surface area contributed by atoms with Gasteiger partial charge >= 0.3 is 0 Å². The topological polar surface area (TPSA) is 29.5 Å². The first-order valence-electron chi connectivity index (χ1n) is 17.9. The molecule has 3 nitrogen and oxygen atoms in total. The van der Waals surface area contributed by atoms with Crippen LogP contribution in [0.4, 0.5) is 17.1 Å². The second-order valence-corrected chi connectivity index (χ2v) is 14.5. The van der Waals surface area contributed by atoms with Gasteiger partial charge in [0.1, 0.15) is 22.3 Å². The van der Waals surface area contributed by atoms with Gasteiger partial charge in [0.25, 0.3) is 0 Å². The minimum absolute atomic E-state index is 0.188. The van der Waals surface area contributed by atoms with Crippen molar-refractivity contribution in [3.8, 4) is 22.3 Å². The number of rotatable bonds is 4. The van der Waals surface area contributed by atoms with Crippen molar-refractivity contribution in [2.24, 2.45) is 0 Å². The molecule has 0 fully saturated rings. The van der Waals surface area contributed by atoms with Crippen molar-refractivity contribution in [3.63, 3.8) is 0 Å². The zero-order chi connectivity index (χ0) is 34.6. The SMILES string of the molecule is CC1(C)c2ccccc2-c2cccc(N(c3ccc(-c4cccc5oc6c7ccccc7ccc6c45)cc3)c3ccc4c(c3)oc3ccccc34)c21. The van der Waals surface area contributed by atoms with E-state index in [-0.39, 0.29) is 5.41 Å². The van der Waals surface area contributed by atoms with Crippen LogP contribution in [0.25, 0.3) is 76.9 Å². The maximum Gasteiger partial charge on any atom is 0.143 e. The van der Waals surface area contributed by atoms with Crippen molar-refractivity contribution in [3.05, 3.63) is 175 Å². The Bertz CT molecular complexity index is 3050. The van der Waals surface area contributed by atoms with Crippen molar-refractivity contribution in [2.75, 3.05) is 4.90 Å². The molecule has 0 spiro atoms. The summed E-state index contributed by atoms with van der Waals surface area (Å²) in [5.41, 5.74) is 14.3. The second kappa shape index (κ2) is 10.7. The van der Waals surface area contributed by atoms with Gasteiger partial charge in [-0.15, -0.1) is 0 Å². The molecule has 0 saturated heterocycles. The fourth-order valence-corrected chi connectivity index (χ4v) is 8.87. The van der Waals surface area contributed by atoms with Crippen molar-refractivity contribution in [1.29, 1.82) is 0 Å². The molecule has 8 aromatic carbocycles. The van der Waals surface area contributed by atoms with Gasteiger partial charge < -0.3 is 13.7 Å². The van der Waals surface area contributed by atoms with Crippen molar-refractivity contribution < 1.29 is 8.83 Å². The summed E-state index contributed by atoms with van der Waals surface area (Å²) in [5.74, 6) is 0. The normalized spacial score (nSPS) is 13.3. The zero-order valence-electron chi connectivity index (χ0n) is 28.9. The minimum Gasteiger partial charge on any atom is -0.456 e. The van der Waals surface area contributed by atoms with Crippen molar-refractivity contribution in [1.82, 2.24) is 0 Å². The quantitative estimate of drug-likeness (QED) is 0.187. The summed E-state index contributed by atoms with van der Waals surface area (Å²) in [4.78, 5) is 2.41. The summed E-state index contributed by atoms with van der Waals surface area (Å²) < 4.78 is 13.0. The van der Waals surface area contributed by atoms with E-state index < -0.39 is 0 Å². The molecule has 1 aliphatic rings. The summed E-state index contributed by atoms with van der Waals surface area (Å²) in [6, 6.07) is 58.7. The molecule has 3 heteroatoms. The Kier molecular flexibility index (Phi) is 6.01. The number of hydrogen-bond donors (Lipinski definition) is 0. The van der Waals surface area contributed by atoms with Crippen LogP contribution in [0.15, 0.2) is 173 Å². The number of nitrogens with zero attached hydrogens (tertiary/aromatic N) is 1. The van der Waals surface area contributed by atoms with E-state index >= 15 is 0 Å². The lowest BCUT2D eigenvalue weighted by Gasteiger charge is -2.32. The molecule has 0 amide bonds. The molecule has 10 aromatic rings. The number of fused-ring (bicyclic) bond motifs is 11. The Morgan fingerprint density at radius 1 is 0.462 bits per heavy atom. The van der Waals surface area contributed by atoms with Crippen molar-refractivity contribution in [2.45, 2.75) is 19.3 Å². The molecule has 2 aromatic heterocycles. The first-order chi connectivity index (χ1) is 25.5. The fraction of sp³-hybridized carbons (Fsp3) is 0.0612. The highest BCUT2D eigenvalue weighted by atomic mass is 16.3. The van der Waals surface area contributed by atoms with Gasteiger partial charge in [-0.1, -0.05) is 123 Å². The molecular weight excluding hydrogens is 635 g/mol. The van der Waals surface area contributed by atoms with E-state index in [2.05, 4.69) is 170 Å². The fourth-order valence-electron chi connectivity index (χ4n) is 8.87. The highest BCUT2D eigenvalue weighted by molar-refractivity contribution is 6.19. The third-order valence-corrected chi connectivity index (χ3v) is 11.2. The molecule has 246 valence electrons. The van der Waals surface area contributed by atoms with E-state index in [1.807, 2.05) is 12.1 Å². The average Bonchev–Trinajstić information content (AvgIpc) is 3.83. The third kappa shape index (κ3) is 4.08. The van der Waals surface area contributed by atoms with Crippen LogP contribution in [-0.4, -0.2) is 0 Å². The van der Waals surface area contributed by atoms with Gasteiger partial charge in [-0.3, -0.25) is 0 Å². The van der Waals surface area contributed by atoms with E-state index in [0.717, 1.165) is 77.5 Å². The van der Waals surface area contributed by atoms with E-state index in [0.29, 0.717) is 0 Å². The molecule has 0 bridgehead atoms. The monoisotopic (exact) mass is 667 g/mol. The largest absolute Gasteiger partial charge is 0.456 e. The first-order valence-corrected chi connectivity index (χ1v) is 17.9. The molecule has 0 N–H and O–H groups in total. The summed E-state index contributed by atoms with van der Waals surface area (Å²) in [6.45, 7) is 4.70. The van der Waals surface area contributed by atoms with Gasteiger partial charge in [0, 0.05) is 49.8 Å². The number of furan rings is 2. The van der Waals surface area contributed by atoms with Crippen LogP contribution in [0.5, 0.6) is 0 Å². The van der Waals surface area contributed by atoms with Crippen LogP contribution < -0.4 is 4.90 Å². The van der Waals surface area contributed by atoms with Gasteiger partial charge in [0.15, 0.2) is 0 Å². The second-order valence-electron chi connectivity index (χ2n) is 14.5. The standard InChI is InChI=1S/C49H33NO2/c1-49(2)41-17-7-5-13-36(41)39-16-9-18-42(47(39)49)50(33-26-28-38-37-14-6-8-19-43(37)51-45(38)29-33)32-24-21-31(22-25-32)34-15-10-20-44-46(34)40-27-23-30-11-3-4-12-35(30)48(40)52-44/h3-29H,1-2H3. The number of para-hydroxylation sites is 1. The Morgan fingerprint density at radius 3 is 2.04 bits per heavy atom. The highest BCUT2D eigenvalue weighted by Gasteiger charge is 2.38. The lowest BCUT2D eigenvalue weighted by Crippen LogP contribution is -2.20. The predicted molar refractivity (Wildman–Crippen MR) is 216 cm³/mol. The molecule has 0 atom stereocenters. The first kappa shape index (κ1) is 29.2. The van der Waals surface area contributed by atoms with Gasteiger partial charge in [0.2, 0.25) is 0 Å². The van der Waals surface area contributed by atoms with Crippen LogP contribution in [0.3, 0.4) is 0 Å². The maximum atomic E-state index is 6.53. The summed E-state index contributed by atoms with van der Waals surface area (Å²) in [7, 11) is 0. The molecular formula is C49H33NO2. The van der Waals surface area contributed by atoms with Gasteiger partial charge in [0.05, 0.1) is 5.69 Å². The Labute approximate surface area is 301 Å². The van der Waals surface area contributed by atoms with E-state index in [1.54, 1.807) is 0 Å². The molecule has 52 heavy (non-hydrogen) atoms. The summed E-state index contributed by atoms with van der Waals surface area (Å²) >= 11 is 0. The van der Waals surface area contributed by atoms with Crippen molar-refractivity contribution >= 4 is 71.7 Å². The lowest BCUT2D eigenvalue weighted by molar-refractivity contribution is 0.660. The van der Waals surface area contributed by atoms with Gasteiger partial charge in [-0.25, -0.2) is 0 Å². The molecule has 1 aliphatic carbocycles. The highest BCUT2D eigenvalue weighted by Crippen LogP contribution is 2.54. The number of hydrogen-bond acceptors (Lipinski definition) is 3. The number of benzene rings is 8. The van der Waals surface area contributed by atoms with Crippen LogP contribution in [0.2, 0.25) is 0 Å². The predicted octanol–water partition coefficient (Wildman–Crippen LogP) is 14.1. The smallest absolute Gasteiger partial charge is 0.143 e. The van der Waals surface area contributed by atoms with Crippen LogP contribution in [-0.2, 0) is 5.41 Å². The van der Waals surface area contributed by atoms with E-state index in [9.17, 15) is 0 Å². The lowest BCUT2D eigenvalue weighted by atomic mass is 9.81. The Hall–Kier alpha value is -6.58. The molecule has 0 radical (unpaired) electrons. The molecule has 0 saturated carbocycles. The molecule has 0 unspecified atom stereocenters. The number of anilines is 3. The van der Waals surface area contributed by atoms with Crippen LogP contribution in [0.1, 0.15) is 25.0 Å². The molecule has 2 heterocycles. The van der Waals surface area contributed by atoms with Gasteiger partial charge in [-0.05, 0) is 87.3 Å². The van der Waals surface area contributed by atoms with E-state index in [4.69, 9.17) is 8.83 Å². The van der Waals surface area contributed by atoms with Crippen LogP contribution >= 0.6 is 0 Å². The maximum absolute atomic E-state index is 6.53. The van der Waals surface area contributed by atoms with Gasteiger partial charge in [-0.2, -0.15) is 0 Å². The summed E-state index contributed by atoms with van der Waals surface area (Å²) in [5, 5.41) is 6.84. The Balaban J connectivity index is 1.11. The van der Waals surface area contributed by atoms with E-state index in [1.165, 1.54) is 27.6 Å². The molecule has 11 rings (SSSR count). The summed E-state index contributed by atoms with van der Waals surface area (Å²) in [6.07, 6.45) is 0. The average molecular weight is 668 g/mol.